The molecule has 0 aliphatic carbocycles. The van der Waals surface area contributed by atoms with Crippen molar-refractivity contribution in [1.29, 1.82) is 0 Å². The number of hydrogen-bond acceptors (Lipinski definition) is 3. The van der Waals surface area contributed by atoms with E-state index >= 15 is 0 Å². The average molecular weight is 386 g/mol. The molecular formula is C21H24ClN3O2. The number of benzene rings is 1. The summed E-state index contributed by atoms with van der Waals surface area (Å²) in [6.45, 7) is 3.02. The van der Waals surface area contributed by atoms with E-state index < -0.39 is 5.97 Å². The van der Waals surface area contributed by atoms with Gasteiger partial charge in [-0.2, -0.15) is 0 Å². The monoisotopic (exact) mass is 385 g/mol. The molecule has 142 valence electrons. The number of carboxylic acids is 1. The lowest BCUT2D eigenvalue weighted by Gasteiger charge is -2.09. The highest BCUT2D eigenvalue weighted by atomic mass is 35.5. The van der Waals surface area contributed by atoms with E-state index in [0.717, 1.165) is 30.4 Å². The maximum absolute atomic E-state index is 11.3. The Morgan fingerprint density at radius 3 is 2.56 bits per heavy atom. The predicted molar refractivity (Wildman–Crippen MR) is 108 cm³/mol. The number of aryl methyl sites for hydroxylation is 1. The van der Waals surface area contributed by atoms with Crippen molar-refractivity contribution < 1.29 is 9.90 Å². The second kappa shape index (κ2) is 9.00. The van der Waals surface area contributed by atoms with Crippen molar-refractivity contribution in [2.24, 2.45) is 0 Å². The van der Waals surface area contributed by atoms with E-state index in [-0.39, 0.29) is 5.69 Å². The minimum Gasteiger partial charge on any atom is -0.477 e. The van der Waals surface area contributed by atoms with Gasteiger partial charge in [-0.3, -0.25) is 0 Å². The Balaban J connectivity index is 1.93. The highest BCUT2D eigenvalue weighted by Gasteiger charge is 2.16. The van der Waals surface area contributed by atoms with Crippen LogP contribution in [0.3, 0.4) is 0 Å². The van der Waals surface area contributed by atoms with Gasteiger partial charge in [0.2, 0.25) is 0 Å². The Hall–Kier alpha value is -2.40. The SMILES string of the molecule is CCCCCCCCn1c(-c2cccc(C(=O)O)n2)nc2c(Cl)cccc21. The molecule has 3 aromatic rings. The number of unbranched alkanes of at least 4 members (excludes halogenated alkanes) is 5. The highest BCUT2D eigenvalue weighted by molar-refractivity contribution is 6.35. The molecule has 0 atom stereocenters. The van der Waals surface area contributed by atoms with E-state index in [0.29, 0.717) is 16.5 Å². The molecule has 0 aliphatic heterocycles. The zero-order valence-corrected chi connectivity index (χ0v) is 16.2. The highest BCUT2D eigenvalue weighted by Crippen LogP contribution is 2.29. The third-order valence-electron chi connectivity index (χ3n) is 4.66. The fraction of sp³-hybridized carbons (Fsp3) is 0.381. The molecule has 0 unspecified atom stereocenters. The van der Waals surface area contributed by atoms with Gasteiger partial charge in [-0.05, 0) is 30.7 Å². The van der Waals surface area contributed by atoms with Crippen LogP contribution in [0.5, 0.6) is 0 Å². The van der Waals surface area contributed by atoms with Crippen LogP contribution in [-0.4, -0.2) is 25.6 Å². The number of halogens is 1. The number of rotatable bonds is 9. The third-order valence-corrected chi connectivity index (χ3v) is 4.97. The molecule has 0 spiro atoms. The number of para-hydroxylation sites is 1. The van der Waals surface area contributed by atoms with Crippen LogP contribution in [0.15, 0.2) is 36.4 Å². The molecule has 0 radical (unpaired) electrons. The lowest BCUT2D eigenvalue weighted by molar-refractivity contribution is 0.0690. The molecule has 1 N–H and O–H groups in total. The maximum Gasteiger partial charge on any atom is 0.354 e. The van der Waals surface area contributed by atoms with Gasteiger partial charge in [0, 0.05) is 6.54 Å². The zero-order chi connectivity index (χ0) is 19.2. The molecule has 1 aromatic carbocycles. The number of pyridine rings is 1. The van der Waals surface area contributed by atoms with Crippen LogP contribution in [0.4, 0.5) is 0 Å². The summed E-state index contributed by atoms with van der Waals surface area (Å²) in [6, 6.07) is 10.7. The third kappa shape index (κ3) is 4.48. The molecular weight excluding hydrogens is 362 g/mol. The van der Waals surface area contributed by atoms with E-state index in [2.05, 4.69) is 21.5 Å². The van der Waals surface area contributed by atoms with E-state index in [1.165, 1.54) is 31.7 Å². The van der Waals surface area contributed by atoms with Gasteiger partial charge in [-0.25, -0.2) is 14.8 Å². The lowest BCUT2D eigenvalue weighted by Crippen LogP contribution is -2.05. The van der Waals surface area contributed by atoms with Gasteiger partial charge in [-0.15, -0.1) is 0 Å². The Morgan fingerprint density at radius 2 is 1.78 bits per heavy atom. The van der Waals surface area contributed by atoms with Gasteiger partial charge in [0.05, 0.1) is 10.5 Å². The van der Waals surface area contributed by atoms with Gasteiger partial charge < -0.3 is 9.67 Å². The van der Waals surface area contributed by atoms with Crippen molar-refractivity contribution in [1.82, 2.24) is 14.5 Å². The Kier molecular flexibility index (Phi) is 6.45. The van der Waals surface area contributed by atoms with Crippen molar-refractivity contribution in [2.45, 2.75) is 52.0 Å². The van der Waals surface area contributed by atoms with Crippen molar-refractivity contribution in [3.8, 4) is 11.5 Å². The summed E-state index contributed by atoms with van der Waals surface area (Å²) < 4.78 is 2.11. The number of aromatic carboxylic acids is 1. The molecule has 0 amide bonds. The van der Waals surface area contributed by atoms with E-state index in [1.54, 1.807) is 12.1 Å². The Bertz CT molecular complexity index is 936. The first-order chi connectivity index (χ1) is 13.1. The number of aromatic nitrogens is 3. The minimum atomic E-state index is -1.05. The van der Waals surface area contributed by atoms with Crippen LogP contribution in [0.25, 0.3) is 22.6 Å². The van der Waals surface area contributed by atoms with Gasteiger partial charge >= 0.3 is 5.97 Å². The molecule has 3 rings (SSSR count). The predicted octanol–water partition coefficient (Wildman–Crippen LogP) is 5.81. The topological polar surface area (TPSA) is 68.0 Å². The number of imidazole rings is 1. The Labute approximate surface area is 164 Å². The second-order valence-electron chi connectivity index (χ2n) is 6.68. The smallest absolute Gasteiger partial charge is 0.354 e. The molecule has 27 heavy (non-hydrogen) atoms. The number of fused-ring (bicyclic) bond motifs is 1. The van der Waals surface area contributed by atoms with Crippen LogP contribution < -0.4 is 0 Å². The summed E-state index contributed by atoms with van der Waals surface area (Å²) in [7, 11) is 0. The van der Waals surface area contributed by atoms with Gasteiger partial charge in [0.25, 0.3) is 0 Å². The molecule has 6 heteroatoms. The van der Waals surface area contributed by atoms with Crippen molar-refractivity contribution in [3.05, 3.63) is 47.1 Å². The zero-order valence-electron chi connectivity index (χ0n) is 15.5. The summed E-state index contributed by atoms with van der Waals surface area (Å²) in [5.41, 5.74) is 2.24. The summed E-state index contributed by atoms with van der Waals surface area (Å²) in [4.78, 5) is 20.2. The molecule has 0 saturated heterocycles. The van der Waals surface area contributed by atoms with Gasteiger partial charge in [0.15, 0.2) is 5.82 Å². The number of carboxylic acid groups (broad SMARTS) is 1. The maximum atomic E-state index is 11.3. The standard InChI is InChI=1S/C21H24ClN3O2/c1-2-3-4-5-6-7-14-25-18-13-8-10-15(22)19(18)24-20(25)16-11-9-12-17(23-16)21(26)27/h8-13H,2-7,14H2,1H3,(H,26,27). The first-order valence-corrected chi connectivity index (χ1v) is 9.85. The van der Waals surface area contributed by atoms with Crippen molar-refractivity contribution in [2.75, 3.05) is 0 Å². The van der Waals surface area contributed by atoms with Crippen LogP contribution in [0.1, 0.15) is 55.9 Å². The molecule has 0 aliphatic rings. The lowest BCUT2D eigenvalue weighted by atomic mass is 10.1. The number of hydrogen-bond donors (Lipinski definition) is 1. The molecule has 5 nitrogen and oxygen atoms in total. The summed E-state index contributed by atoms with van der Waals surface area (Å²) >= 11 is 6.34. The van der Waals surface area contributed by atoms with Crippen LogP contribution in [0, 0.1) is 0 Å². The van der Waals surface area contributed by atoms with Crippen LogP contribution >= 0.6 is 11.6 Å². The largest absolute Gasteiger partial charge is 0.477 e. The first kappa shape index (κ1) is 19.4. The average Bonchev–Trinajstić information content (AvgIpc) is 3.05. The van der Waals surface area contributed by atoms with Crippen LogP contribution in [-0.2, 0) is 6.54 Å². The van der Waals surface area contributed by atoms with E-state index in [1.807, 2.05) is 18.2 Å². The van der Waals surface area contributed by atoms with E-state index in [4.69, 9.17) is 11.6 Å². The second-order valence-corrected chi connectivity index (χ2v) is 7.08. The number of carbonyl (C=O) groups is 1. The van der Waals surface area contributed by atoms with Crippen molar-refractivity contribution in [3.63, 3.8) is 0 Å². The van der Waals surface area contributed by atoms with Gasteiger partial charge in [0.1, 0.15) is 16.9 Å². The van der Waals surface area contributed by atoms with Crippen LogP contribution in [0.2, 0.25) is 5.02 Å². The molecule has 0 bridgehead atoms. The normalized spacial score (nSPS) is 11.2. The quantitative estimate of drug-likeness (QED) is 0.472. The molecule has 0 fully saturated rings. The Morgan fingerprint density at radius 1 is 1.04 bits per heavy atom. The van der Waals surface area contributed by atoms with Gasteiger partial charge in [-0.1, -0.05) is 62.8 Å². The van der Waals surface area contributed by atoms with Crippen molar-refractivity contribution >= 4 is 28.6 Å². The summed E-state index contributed by atoms with van der Waals surface area (Å²) in [5, 5.41) is 9.83. The molecule has 2 heterocycles. The minimum absolute atomic E-state index is 0.0109. The first-order valence-electron chi connectivity index (χ1n) is 9.47. The summed E-state index contributed by atoms with van der Waals surface area (Å²) in [5.74, 6) is -0.386. The van der Waals surface area contributed by atoms with E-state index in [9.17, 15) is 9.90 Å². The summed E-state index contributed by atoms with van der Waals surface area (Å²) in [6.07, 6.45) is 7.20. The fourth-order valence-corrected chi connectivity index (χ4v) is 3.48. The fourth-order valence-electron chi connectivity index (χ4n) is 3.26. The molecule has 2 aromatic heterocycles. The number of nitrogens with zero attached hydrogens (tertiary/aromatic N) is 3. The molecule has 0 saturated carbocycles.